The average Bonchev–Trinajstić information content (AvgIpc) is 2.46. The first-order valence-corrected chi connectivity index (χ1v) is 9.49. The predicted octanol–water partition coefficient (Wildman–Crippen LogP) is 2.50. The van der Waals surface area contributed by atoms with E-state index in [4.69, 9.17) is 0 Å². The van der Waals surface area contributed by atoms with Gasteiger partial charge in [0.15, 0.2) is 9.84 Å². The molecule has 22 heavy (non-hydrogen) atoms. The Bertz CT molecular complexity index is 558. The highest BCUT2D eigenvalue weighted by Crippen LogP contribution is 2.27. The lowest BCUT2D eigenvalue weighted by atomic mass is 9.95. The number of piperidine rings is 1. The Morgan fingerprint density at radius 2 is 1.95 bits per heavy atom. The fraction of sp³-hybridized carbons (Fsp3) is 0.625. The van der Waals surface area contributed by atoms with Crippen molar-refractivity contribution in [2.75, 3.05) is 32.9 Å². The molecule has 0 aliphatic carbocycles. The molecule has 1 aromatic rings. The lowest BCUT2D eigenvalue weighted by Gasteiger charge is -2.37. The second-order valence-corrected chi connectivity index (χ2v) is 8.09. The highest BCUT2D eigenvalue weighted by Gasteiger charge is 2.24. The second-order valence-electron chi connectivity index (χ2n) is 6.08. The van der Waals surface area contributed by atoms with Gasteiger partial charge in [-0.05, 0) is 63.5 Å². The molecule has 0 amide bonds. The number of hydrogen-bond acceptors (Lipinski definition) is 4. The maximum Gasteiger partial charge on any atom is 0.175 e. The van der Waals surface area contributed by atoms with E-state index in [1.54, 1.807) is 12.1 Å². The fourth-order valence-corrected chi connectivity index (χ4v) is 3.74. The van der Waals surface area contributed by atoms with Crippen molar-refractivity contribution in [2.24, 2.45) is 5.92 Å². The number of nitrogens with one attached hydrogen (secondary N) is 1. The van der Waals surface area contributed by atoms with Crippen LogP contribution in [0.1, 0.15) is 31.4 Å². The van der Waals surface area contributed by atoms with Gasteiger partial charge in [0.05, 0.1) is 4.90 Å². The number of nitrogens with zero attached hydrogens (tertiary/aromatic N) is 1. The summed E-state index contributed by atoms with van der Waals surface area (Å²) in [6.45, 7) is 5.50. The Labute approximate surface area is 140 Å². The van der Waals surface area contributed by atoms with E-state index < -0.39 is 9.84 Å². The van der Waals surface area contributed by atoms with Crippen LogP contribution in [0.5, 0.6) is 0 Å². The van der Waals surface area contributed by atoms with Crippen LogP contribution in [0.25, 0.3) is 0 Å². The summed E-state index contributed by atoms with van der Waals surface area (Å²) in [4.78, 5) is 2.89. The highest BCUT2D eigenvalue weighted by molar-refractivity contribution is 7.90. The lowest BCUT2D eigenvalue weighted by Crippen LogP contribution is -2.40. The Kier molecular flexibility index (Phi) is 7.32. The first-order chi connectivity index (χ1) is 9.91. The van der Waals surface area contributed by atoms with Gasteiger partial charge in [-0.2, -0.15) is 0 Å². The minimum absolute atomic E-state index is 0. The Morgan fingerprint density at radius 1 is 1.32 bits per heavy atom. The molecule has 0 saturated carbocycles. The summed E-state index contributed by atoms with van der Waals surface area (Å²) in [6.07, 6.45) is 3.77. The summed E-state index contributed by atoms with van der Waals surface area (Å²) in [6, 6.07) is 7.66. The van der Waals surface area contributed by atoms with Gasteiger partial charge in [-0.1, -0.05) is 12.1 Å². The molecule has 1 aromatic carbocycles. The van der Waals surface area contributed by atoms with Crippen molar-refractivity contribution in [2.45, 2.75) is 30.7 Å². The van der Waals surface area contributed by atoms with Gasteiger partial charge in [-0.15, -0.1) is 12.4 Å². The molecular weight excluding hydrogens is 320 g/mol. The number of rotatable bonds is 5. The van der Waals surface area contributed by atoms with Gasteiger partial charge in [0.25, 0.3) is 0 Å². The fourth-order valence-electron chi connectivity index (χ4n) is 3.11. The molecule has 1 aliphatic heterocycles. The van der Waals surface area contributed by atoms with E-state index in [-0.39, 0.29) is 12.4 Å². The normalized spacial score (nSPS) is 21.1. The largest absolute Gasteiger partial charge is 0.319 e. The van der Waals surface area contributed by atoms with Crippen molar-refractivity contribution >= 4 is 22.2 Å². The van der Waals surface area contributed by atoms with Crippen LogP contribution in [0, 0.1) is 5.92 Å². The average molecular weight is 347 g/mol. The molecule has 126 valence electrons. The number of hydrogen-bond donors (Lipinski definition) is 1. The molecule has 0 radical (unpaired) electrons. The molecule has 2 unspecified atom stereocenters. The molecule has 2 rings (SSSR count). The molecule has 2 atom stereocenters. The summed E-state index contributed by atoms with van der Waals surface area (Å²) in [7, 11) is -1.10. The van der Waals surface area contributed by atoms with Crippen LogP contribution in [0.2, 0.25) is 0 Å². The van der Waals surface area contributed by atoms with Crippen molar-refractivity contribution in [1.29, 1.82) is 0 Å². The van der Waals surface area contributed by atoms with Gasteiger partial charge in [-0.3, -0.25) is 4.90 Å². The van der Waals surface area contributed by atoms with E-state index in [0.29, 0.717) is 16.9 Å². The van der Waals surface area contributed by atoms with Gasteiger partial charge in [-0.25, -0.2) is 8.42 Å². The van der Waals surface area contributed by atoms with Crippen molar-refractivity contribution in [3.63, 3.8) is 0 Å². The zero-order valence-corrected chi connectivity index (χ0v) is 15.2. The molecule has 1 aliphatic rings. The smallest absolute Gasteiger partial charge is 0.175 e. The van der Waals surface area contributed by atoms with E-state index in [0.717, 1.165) is 19.6 Å². The summed E-state index contributed by atoms with van der Waals surface area (Å²) < 4.78 is 23.0. The first-order valence-electron chi connectivity index (χ1n) is 7.60. The first kappa shape index (κ1) is 19.4. The summed E-state index contributed by atoms with van der Waals surface area (Å²) in [5, 5.41) is 3.27. The zero-order valence-electron chi connectivity index (χ0n) is 13.6. The molecule has 0 aromatic heterocycles. The van der Waals surface area contributed by atoms with Gasteiger partial charge < -0.3 is 5.32 Å². The third-order valence-corrected chi connectivity index (χ3v) is 5.51. The van der Waals surface area contributed by atoms with E-state index in [2.05, 4.69) is 17.1 Å². The van der Waals surface area contributed by atoms with Crippen LogP contribution < -0.4 is 5.32 Å². The van der Waals surface area contributed by atoms with Crippen molar-refractivity contribution in [3.05, 3.63) is 29.8 Å². The number of likely N-dealkylation sites (tertiary alicyclic amines) is 1. The van der Waals surface area contributed by atoms with E-state index in [9.17, 15) is 8.42 Å². The van der Waals surface area contributed by atoms with Gasteiger partial charge >= 0.3 is 0 Å². The molecule has 0 spiro atoms. The Hall–Kier alpha value is -0.620. The summed E-state index contributed by atoms with van der Waals surface area (Å²) in [5.74, 6) is 0.710. The Morgan fingerprint density at radius 3 is 2.50 bits per heavy atom. The lowest BCUT2D eigenvalue weighted by molar-refractivity contribution is 0.131. The number of halogens is 1. The maximum atomic E-state index is 11.5. The number of sulfone groups is 1. The minimum atomic E-state index is -3.11. The van der Waals surface area contributed by atoms with Gasteiger partial charge in [0.2, 0.25) is 0 Å². The van der Waals surface area contributed by atoms with Gasteiger partial charge in [0.1, 0.15) is 0 Å². The van der Waals surface area contributed by atoms with Crippen molar-refractivity contribution in [1.82, 2.24) is 10.2 Å². The molecular formula is C16H27ClN2O2S. The quantitative estimate of drug-likeness (QED) is 0.890. The second kappa shape index (κ2) is 8.29. The van der Waals surface area contributed by atoms with E-state index >= 15 is 0 Å². The Balaban J connectivity index is 0.00000242. The molecule has 4 nitrogen and oxygen atoms in total. The topological polar surface area (TPSA) is 49.4 Å². The van der Waals surface area contributed by atoms with Crippen LogP contribution in [-0.4, -0.2) is 46.3 Å². The minimum Gasteiger partial charge on any atom is -0.319 e. The molecule has 1 heterocycles. The van der Waals surface area contributed by atoms with Crippen molar-refractivity contribution < 1.29 is 8.42 Å². The van der Waals surface area contributed by atoms with Crippen LogP contribution >= 0.6 is 12.4 Å². The SMILES string of the molecule is CNCC1CCCN(C(C)c2ccc(S(C)(=O)=O)cc2)C1.Cl. The third-order valence-electron chi connectivity index (χ3n) is 4.38. The summed E-state index contributed by atoms with van der Waals surface area (Å²) in [5.41, 5.74) is 1.19. The highest BCUT2D eigenvalue weighted by atomic mass is 35.5. The van der Waals surface area contributed by atoms with Crippen LogP contribution in [0.4, 0.5) is 0 Å². The standard InChI is InChI=1S/C16H26N2O2S.ClH/c1-13(18-10-4-5-14(12-18)11-17-2)15-6-8-16(9-7-15)21(3,19)20;/h6-9,13-14,17H,4-5,10-12H2,1-3H3;1H. The molecule has 1 fully saturated rings. The third kappa shape index (κ3) is 4.95. The van der Waals surface area contributed by atoms with Gasteiger partial charge in [0, 0.05) is 18.8 Å². The molecule has 1 N–H and O–H groups in total. The number of benzene rings is 1. The monoisotopic (exact) mass is 346 g/mol. The van der Waals surface area contributed by atoms with E-state index in [1.165, 1.54) is 24.7 Å². The molecule has 0 bridgehead atoms. The zero-order chi connectivity index (χ0) is 15.5. The maximum absolute atomic E-state index is 11.5. The molecule has 1 saturated heterocycles. The van der Waals surface area contributed by atoms with Crippen LogP contribution in [0.3, 0.4) is 0 Å². The van der Waals surface area contributed by atoms with Crippen LogP contribution in [0.15, 0.2) is 29.2 Å². The van der Waals surface area contributed by atoms with Crippen molar-refractivity contribution in [3.8, 4) is 0 Å². The predicted molar refractivity (Wildman–Crippen MR) is 93.4 cm³/mol. The molecule has 6 heteroatoms. The van der Waals surface area contributed by atoms with E-state index in [1.807, 2.05) is 19.2 Å². The summed E-state index contributed by atoms with van der Waals surface area (Å²) >= 11 is 0. The van der Waals surface area contributed by atoms with Crippen LogP contribution in [-0.2, 0) is 9.84 Å².